The summed E-state index contributed by atoms with van der Waals surface area (Å²) >= 11 is 1.06. The Morgan fingerprint density at radius 1 is 1.03 bits per heavy atom. The lowest BCUT2D eigenvalue weighted by Crippen LogP contribution is -2.49. The highest BCUT2D eigenvalue weighted by molar-refractivity contribution is 7.93. The van der Waals surface area contributed by atoms with Gasteiger partial charge in [-0.25, -0.2) is 18.4 Å². The van der Waals surface area contributed by atoms with E-state index >= 15 is 0 Å². The molecule has 0 saturated carbocycles. The van der Waals surface area contributed by atoms with E-state index in [0.717, 1.165) is 17.2 Å². The predicted molar refractivity (Wildman–Crippen MR) is 116 cm³/mol. The first-order valence-electron chi connectivity index (χ1n) is 9.44. The van der Waals surface area contributed by atoms with E-state index in [1.54, 1.807) is 36.2 Å². The molecule has 1 aromatic carbocycles. The lowest BCUT2D eigenvalue weighted by molar-refractivity contribution is 0.0750. The minimum atomic E-state index is -3.75. The summed E-state index contributed by atoms with van der Waals surface area (Å²) in [5.74, 6) is 0.770. The number of thiazole rings is 1. The molecule has 0 radical (unpaired) electrons. The zero-order valence-corrected chi connectivity index (χ0v) is 18.0. The number of rotatable bonds is 5. The van der Waals surface area contributed by atoms with Gasteiger partial charge in [0.05, 0.1) is 10.6 Å². The van der Waals surface area contributed by atoms with Crippen molar-refractivity contribution in [2.24, 2.45) is 0 Å². The van der Waals surface area contributed by atoms with Crippen LogP contribution in [0.25, 0.3) is 0 Å². The number of hydrogen-bond donors (Lipinski definition) is 1. The van der Waals surface area contributed by atoms with E-state index in [0.29, 0.717) is 36.8 Å². The van der Waals surface area contributed by atoms with Crippen LogP contribution in [0.5, 0.6) is 0 Å². The molecule has 2 aromatic heterocycles. The lowest BCUT2D eigenvalue weighted by Gasteiger charge is -2.35. The molecule has 1 aliphatic rings. The van der Waals surface area contributed by atoms with Crippen molar-refractivity contribution in [2.45, 2.75) is 11.8 Å². The normalized spacial score (nSPS) is 14.6. The van der Waals surface area contributed by atoms with Gasteiger partial charge in [-0.1, -0.05) is 35.6 Å². The molecule has 30 heavy (non-hydrogen) atoms. The first-order chi connectivity index (χ1) is 14.4. The number of anilines is 2. The van der Waals surface area contributed by atoms with Gasteiger partial charge in [0.1, 0.15) is 10.7 Å². The third-order valence-corrected chi connectivity index (χ3v) is 7.35. The number of carbonyl (C=O) groups is 1. The molecule has 156 valence electrons. The molecule has 0 atom stereocenters. The Hall–Kier alpha value is -2.98. The van der Waals surface area contributed by atoms with Gasteiger partial charge in [-0.15, -0.1) is 0 Å². The van der Waals surface area contributed by atoms with Gasteiger partial charge in [-0.2, -0.15) is 0 Å². The van der Waals surface area contributed by atoms with Crippen molar-refractivity contribution in [3.63, 3.8) is 0 Å². The van der Waals surface area contributed by atoms with Crippen molar-refractivity contribution in [1.29, 1.82) is 0 Å². The molecule has 0 aliphatic carbocycles. The summed E-state index contributed by atoms with van der Waals surface area (Å²) in [5.41, 5.74) is 0.517. The molecular weight excluding hydrogens is 422 g/mol. The molecule has 4 rings (SSSR count). The monoisotopic (exact) mass is 443 g/mol. The smallest absolute Gasteiger partial charge is 0.266 e. The average Bonchev–Trinajstić information content (AvgIpc) is 3.13. The highest BCUT2D eigenvalue weighted by atomic mass is 32.2. The van der Waals surface area contributed by atoms with Crippen LogP contribution < -0.4 is 9.62 Å². The van der Waals surface area contributed by atoms with Gasteiger partial charge in [0.15, 0.2) is 5.13 Å². The van der Waals surface area contributed by atoms with Crippen molar-refractivity contribution in [2.75, 3.05) is 35.8 Å². The largest absolute Gasteiger partial charge is 0.353 e. The van der Waals surface area contributed by atoms with E-state index in [2.05, 4.69) is 19.6 Å². The van der Waals surface area contributed by atoms with E-state index in [9.17, 15) is 13.2 Å². The van der Waals surface area contributed by atoms with Gasteiger partial charge in [0, 0.05) is 32.4 Å². The van der Waals surface area contributed by atoms with E-state index < -0.39 is 10.0 Å². The summed E-state index contributed by atoms with van der Waals surface area (Å²) in [7, 11) is -3.75. The topological polar surface area (TPSA) is 95.5 Å². The Kier molecular flexibility index (Phi) is 5.69. The maximum absolute atomic E-state index is 13.0. The molecule has 1 aliphatic heterocycles. The van der Waals surface area contributed by atoms with E-state index in [4.69, 9.17) is 0 Å². The molecule has 1 N–H and O–H groups in total. The van der Waals surface area contributed by atoms with Gasteiger partial charge in [0.25, 0.3) is 15.9 Å². The molecule has 0 bridgehead atoms. The second kappa shape index (κ2) is 8.41. The van der Waals surface area contributed by atoms with Gasteiger partial charge >= 0.3 is 0 Å². The van der Waals surface area contributed by atoms with E-state index in [1.165, 1.54) is 12.1 Å². The number of pyridine rings is 1. The van der Waals surface area contributed by atoms with Crippen LogP contribution >= 0.6 is 11.3 Å². The van der Waals surface area contributed by atoms with Gasteiger partial charge in [-0.05, 0) is 31.2 Å². The first-order valence-corrected chi connectivity index (χ1v) is 11.7. The molecule has 1 saturated heterocycles. The summed E-state index contributed by atoms with van der Waals surface area (Å²) in [4.78, 5) is 26.1. The standard InChI is InChI=1S/C20H21N5O3S2/c1-15-18(29-20(22-15)23-30(27,28)16-7-3-2-4-8-16)19(26)25-13-11-24(12-14-25)17-9-5-6-10-21-17/h2-10H,11-14H2,1H3,(H,22,23). The van der Waals surface area contributed by atoms with Gasteiger partial charge < -0.3 is 9.80 Å². The second-order valence-corrected chi connectivity index (χ2v) is 9.50. The fraction of sp³-hybridized carbons (Fsp3) is 0.250. The van der Waals surface area contributed by atoms with Crippen LogP contribution in [0.15, 0.2) is 59.6 Å². The Morgan fingerprint density at radius 2 is 1.73 bits per heavy atom. The minimum Gasteiger partial charge on any atom is -0.353 e. The molecule has 3 aromatic rings. The number of aromatic nitrogens is 2. The highest BCUT2D eigenvalue weighted by Crippen LogP contribution is 2.27. The Bertz CT molecular complexity index is 1130. The van der Waals surface area contributed by atoms with Crippen LogP contribution in [0.4, 0.5) is 10.9 Å². The highest BCUT2D eigenvalue weighted by Gasteiger charge is 2.27. The van der Waals surface area contributed by atoms with E-state index in [-0.39, 0.29) is 15.9 Å². The number of amides is 1. The molecular formula is C20H21N5O3S2. The third kappa shape index (κ3) is 4.29. The number of hydrogen-bond acceptors (Lipinski definition) is 7. The lowest BCUT2D eigenvalue weighted by atomic mass is 10.2. The molecule has 0 spiro atoms. The quantitative estimate of drug-likeness (QED) is 0.651. The van der Waals surface area contributed by atoms with E-state index in [1.807, 2.05) is 18.2 Å². The number of benzene rings is 1. The summed E-state index contributed by atoms with van der Waals surface area (Å²) < 4.78 is 27.5. The van der Waals surface area contributed by atoms with Crippen LogP contribution in [-0.4, -0.2) is 55.4 Å². The van der Waals surface area contributed by atoms with Crippen LogP contribution in [0, 0.1) is 6.92 Å². The molecule has 3 heterocycles. The van der Waals surface area contributed by atoms with Gasteiger partial charge in [-0.3, -0.25) is 9.52 Å². The van der Waals surface area contributed by atoms with Crippen molar-refractivity contribution >= 4 is 38.2 Å². The van der Waals surface area contributed by atoms with Gasteiger partial charge in [0.2, 0.25) is 0 Å². The van der Waals surface area contributed by atoms with Crippen LogP contribution in [0.3, 0.4) is 0 Å². The molecule has 0 unspecified atom stereocenters. The molecule has 10 heteroatoms. The molecule has 1 fully saturated rings. The first kappa shape index (κ1) is 20.3. The van der Waals surface area contributed by atoms with Crippen molar-refractivity contribution < 1.29 is 13.2 Å². The molecule has 1 amide bonds. The second-order valence-electron chi connectivity index (χ2n) is 6.82. The Morgan fingerprint density at radius 3 is 2.40 bits per heavy atom. The number of piperazine rings is 1. The van der Waals surface area contributed by atoms with Crippen molar-refractivity contribution in [3.05, 3.63) is 65.3 Å². The SMILES string of the molecule is Cc1nc(NS(=O)(=O)c2ccccc2)sc1C(=O)N1CCN(c2ccccn2)CC1. The fourth-order valence-electron chi connectivity index (χ4n) is 3.24. The molecule has 8 nitrogen and oxygen atoms in total. The summed E-state index contributed by atoms with van der Waals surface area (Å²) in [6.07, 6.45) is 1.76. The summed E-state index contributed by atoms with van der Waals surface area (Å²) in [5, 5.41) is 0.187. The maximum atomic E-state index is 13.0. The zero-order chi connectivity index (χ0) is 21.1. The van der Waals surface area contributed by atoms with Crippen LogP contribution in [-0.2, 0) is 10.0 Å². The Balaban J connectivity index is 1.44. The number of nitrogens with one attached hydrogen (secondary N) is 1. The number of carbonyl (C=O) groups excluding carboxylic acids is 1. The average molecular weight is 444 g/mol. The van der Waals surface area contributed by atoms with Crippen LogP contribution in [0.1, 0.15) is 15.4 Å². The Labute approximate surface area is 179 Å². The number of nitrogens with zero attached hydrogens (tertiary/aromatic N) is 4. The minimum absolute atomic E-state index is 0.129. The third-order valence-electron chi connectivity index (χ3n) is 4.81. The zero-order valence-electron chi connectivity index (χ0n) is 16.4. The predicted octanol–water partition coefficient (Wildman–Crippen LogP) is 2.61. The fourth-order valence-corrected chi connectivity index (χ4v) is 5.43. The van der Waals surface area contributed by atoms with Crippen molar-refractivity contribution in [1.82, 2.24) is 14.9 Å². The number of aryl methyl sites for hydroxylation is 1. The summed E-state index contributed by atoms with van der Waals surface area (Å²) in [6.45, 7) is 4.23. The summed E-state index contributed by atoms with van der Waals surface area (Å²) in [6, 6.07) is 13.8. The van der Waals surface area contributed by atoms with Crippen LogP contribution in [0.2, 0.25) is 0 Å². The number of sulfonamides is 1. The maximum Gasteiger partial charge on any atom is 0.266 e. The van der Waals surface area contributed by atoms with Crippen molar-refractivity contribution in [3.8, 4) is 0 Å².